The number of carboxylic acids is 1. The van der Waals surface area contributed by atoms with Crippen molar-refractivity contribution in [1.82, 2.24) is 4.90 Å². The van der Waals surface area contributed by atoms with E-state index in [0.717, 1.165) is 16.5 Å². The Balaban J connectivity index is 2.06. The monoisotopic (exact) mass is 339 g/mol. The molecule has 4 nitrogen and oxygen atoms in total. The van der Waals surface area contributed by atoms with Crippen molar-refractivity contribution in [2.75, 3.05) is 6.54 Å². The van der Waals surface area contributed by atoms with Gasteiger partial charge in [0.05, 0.1) is 12.3 Å². The van der Waals surface area contributed by atoms with Crippen molar-refractivity contribution in [2.24, 2.45) is 5.92 Å². The second-order valence-corrected chi connectivity index (χ2v) is 6.14. The van der Waals surface area contributed by atoms with Gasteiger partial charge in [-0.1, -0.05) is 28.1 Å². The molecule has 108 valence electrons. The third-order valence-electron chi connectivity index (χ3n) is 3.87. The molecule has 0 spiro atoms. The second-order valence-electron chi connectivity index (χ2n) is 5.22. The summed E-state index contributed by atoms with van der Waals surface area (Å²) in [6.45, 7) is 2.48. The van der Waals surface area contributed by atoms with E-state index in [-0.39, 0.29) is 11.9 Å². The average molecular weight is 340 g/mol. The van der Waals surface area contributed by atoms with E-state index in [9.17, 15) is 14.7 Å². The van der Waals surface area contributed by atoms with Gasteiger partial charge in [-0.3, -0.25) is 9.59 Å². The van der Waals surface area contributed by atoms with Crippen LogP contribution in [0.2, 0.25) is 0 Å². The minimum absolute atomic E-state index is 0.00144. The highest BCUT2D eigenvalue weighted by Crippen LogP contribution is 2.24. The van der Waals surface area contributed by atoms with Crippen molar-refractivity contribution in [3.63, 3.8) is 0 Å². The lowest BCUT2D eigenvalue weighted by Crippen LogP contribution is -2.49. The molecule has 1 heterocycles. The summed E-state index contributed by atoms with van der Waals surface area (Å²) in [5.41, 5.74) is 0.939. The number of likely N-dealkylation sites (tertiary alicyclic amines) is 1. The molecule has 1 N–H and O–H groups in total. The third kappa shape index (κ3) is 3.39. The van der Waals surface area contributed by atoms with Gasteiger partial charge in [0, 0.05) is 17.1 Å². The van der Waals surface area contributed by atoms with E-state index in [1.54, 1.807) is 4.90 Å². The van der Waals surface area contributed by atoms with E-state index in [2.05, 4.69) is 15.9 Å². The van der Waals surface area contributed by atoms with Crippen LogP contribution in [0.25, 0.3) is 0 Å². The zero-order valence-electron chi connectivity index (χ0n) is 11.4. The minimum Gasteiger partial charge on any atom is -0.481 e. The molecule has 5 heteroatoms. The van der Waals surface area contributed by atoms with Crippen molar-refractivity contribution in [1.29, 1.82) is 0 Å². The van der Waals surface area contributed by atoms with Gasteiger partial charge in [0.2, 0.25) is 5.91 Å². The smallest absolute Gasteiger partial charge is 0.308 e. The van der Waals surface area contributed by atoms with Gasteiger partial charge in [-0.2, -0.15) is 0 Å². The maximum Gasteiger partial charge on any atom is 0.308 e. The predicted octanol–water partition coefficient (Wildman–Crippen LogP) is 2.70. The highest BCUT2D eigenvalue weighted by molar-refractivity contribution is 9.10. The van der Waals surface area contributed by atoms with Crippen molar-refractivity contribution in [3.05, 3.63) is 34.3 Å². The Morgan fingerprint density at radius 3 is 2.85 bits per heavy atom. The zero-order valence-corrected chi connectivity index (χ0v) is 13.0. The number of carbonyl (C=O) groups is 2. The van der Waals surface area contributed by atoms with Gasteiger partial charge in [0.1, 0.15) is 0 Å². The van der Waals surface area contributed by atoms with Gasteiger partial charge >= 0.3 is 5.97 Å². The molecule has 2 rings (SSSR count). The Morgan fingerprint density at radius 2 is 2.20 bits per heavy atom. The number of hydrogen-bond acceptors (Lipinski definition) is 2. The Morgan fingerprint density at radius 1 is 1.45 bits per heavy atom. The summed E-state index contributed by atoms with van der Waals surface area (Å²) < 4.78 is 0.943. The highest BCUT2D eigenvalue weighted by Gasteiger charge is 2.35. The van der Waals surface area contributed by atoms with Gasteiger partial charge in [-0.25, -0.2) is 0 Å². The highest BCUT2D eigenvalue weighted by atomic mass is 79.9. The molecule has 1 aromatic rings. The van der Waals surface area contributed by atoms with Crippen LogP contribution < -0.4 is 0 Å². The van der Waals surface area contributed by atoms with Crippen molar-refractivity contribution >= 4 is 27.8 Å². The molecule has 20 heavy (non-hydrogen) atoms. The molecule has 1 fully saturated rings. The number of carbonyl (C=O) groups excluding carboxylic acids is 1. The van der Waals surface area contributed by atoms with E-state index in [1.165, 1.54) is 0 Å². The molecule has 1 aliphatic rings. The van der Waals surface area contributed by atoms with Crippen LogP contribution in [0, 0.1) is 5.92 Å². The van der Waals surface area contributed by atoms with Crippen LogP contribution >= 0.6 is 15.9 Å². The van der Waals surface area contributed by atoms with E-state index in [4.69, 9.17) is 0 Å². The van der Waals surface area contributed by atoms with E-state index in [1.807, 2.05) is 31.2 Å². The molecule has 1 saturated heterocycles. The maximum atomic E-state index is 12.4. The number of aliphatic carboxylic acids is 1. The molecule has 0 radical (unpaired) electrons. The first kappa shape index (κ1) is 15.0. The first-order chi connectivity index (χ1) is 9.49. The SMILES string of the molecule is C[C@@H]1[C@H](C(=O)O)CCCN1C(=O)Cc1cccc(Br)c1. The number of hydrogen-bond donors (Lipinski definition) is 1. The molecular formula is C15H18BrNO3. The number of nitrogens with zero attached hydrogens (tertiary/aromatic N) is 1. The molecule has 0 saturated carbocycles. The first-order valence-corrected chi connectivity index (χ1v) is 7.55. The van der Waals surface area contributed by atoms with Crippen LogP contribution in [0.3, 0.4) is 0 Å². The van der Waals surface area contributed by atoms with E-state index >= 15 is 0 Å². The predicted molar refractivity (Wildman–Crippen MR) is 79.4 cm³/mol. The van der Waals surface area contributed by atoms with Gasteiger partial charge in [0.25, 0.3) is 0 Å². The Bertz CT molecular complexity index is 518. The fraction of sp³-hybridized carbons (Fsp3) is 0.467. The summed E-state index contributed by atoms with van der Waals surface area (Å²) in [6, 6.07) is 7.40. The van der Waals surface area contributed by atoms with Gasteiger partial charge < -0.3 is 10.0 Å². The number of rotatable bonds is 3. The average Bonchev–Trinajstić information content (AvgIpc) is 2.38. The first-order valence-electron chi connectivity index (χ1n) is 6.75. The normalized spacial score (nSPS) is 22.6. The molecule has 0 bridgehead atoms. The number of amides is 1. The van der Waals surface area contributed by atoms with Crippen LogP contribution in [0.1, 0.15) is 25.3 Å². The lowest BCUT2D eigenvalue weighted by Gasteiger charge is -2.37. The molecule has 1 aliphatic heterocycles. The Kier molecular flexibility index (Phi) is 4.81. The Labute approximate surface area is 126 Å². The van der Waals surface area contributed by atoms with Crippen molar-refractivity contribution < 1.29 is 14.7 Å². The standard InChI is InChI=1S/C15H18BrNO3/c1-10-13(15(19)20)6-3-7-17(10)14(18)9-11-4-2-5-12(16)8-11/h2,4-5,8,10,13H,3,6-7,9H2,1H3,(H,19,20)/t10-,13-/m1/s1. The summed E-state index contributed by atoms with van der Waals surface area (Å²) >= 11 is 3.39. The minimum atomic E-state index is -0.808. The maximum absolute atomic E-state index is 12.4. The number of carboxylic acid groups (broad SMARTS) is 1. The fourth-order valence-corrected chi connectivity index (χ4v) is 3.19. The van der Waals surface area contributed by atoms with Crippen LogP contribution in [-0.4, -0.2) is 34.5 Å². The van der Waals surface area contributed by atoms with E-state index < -0.39 is 11.9 Å². The van der Waals surface area contributed by atoms with Crippen molar-refractivity contribution in [3.8, 4) is 0 Å². The summed E-state index contributed by atoms with van der Waals surface area (Å²) in [5.74, 6) is -1.26. The topological polar surface area (TPSA) is 57.6 Å². The van der Waals surface area contributed by atoms with Crippen LogP contribution in [0.5, 0.6) is 0 Å². The molecule has 2 atom stereocenters. The molecule has 0 aromatic heterocycles. The summed E-state index contributed by atoms with van der Waals surface area (Å²) in [4.78, 5) is 25.3. The van der Waals surface area contributed by atoms with Crippen LogP contribution in [-0.2, 0) is 16.0 Å². The zero-order chi connectivity index (χ0) is 14.7. The summed E-state index contributed by atoms with van der Waals surface area (Å²) in [6.07, 6.45) is 1.72. The largest absolute Gasteiger partial charge is 0.481 e. The molecule has 1 amide bonds. The molecule has 1 aromatic carbocycles. The molecule has 0 unspecified atom stereocenters. The summed E-state index contributed by atoms with van der Waals surface area (Å²) in [5, 5.41) is 9.19. The number of benzene rings is 1. The third-order valence-corrected chi connectivity index (χ3v) is 4.36. The van der Waals surface area contributed by atoms with Gasteiger partial charge in [0.15, 0.2) is 0 Å². The van der Waals surface area contributed by atoms with Gasteiger partial charge in [-0.15, -0.1) is 0 Å². The lowest BCUT2D eigenvalue weighted by atomic mass is 9.90. The number of halogens is 1. The molecular weight excluding hydrogens is 322 g/mol. The molecule has 0 aliphatic carbocycles. The number of piperidine rings is 1. The van der Waals surface area contributed by atoms with Crippen molar-refractivity contribution in [2.45, 2.75) is 32.2 Å². The van der Waals surface area contributed by atoms with E-state index in [0.29, 0.717) is 19.4 Å². The Hall–Kier alpha value is -1.36. The van der Waals surface area contributed by atoms with Gasteiger partial charge in [-0.05, 0) is 37.5 Å². The quantitative estimate of drug-likeness (QED) is 0.920. The second kappa shape index (κ2) is 6.39. The fourth-order valence-electron chi connectivity index (χ4n) is 2.75. The van der Waals surface area contributed by atoms with Crippen LogP contribution in [0.15, 0.2) is 28.7 Å². The lowest BCUT2D eigenvalue weighted by molar-refractivity contribution is -0.148. The summed E-state index contributed by atoms with van der Waals surface area (Å²) in [7, 11) is 0. The van der Waals surface area contributed by atoms with Crippen LogP contribution in [0.4, 0.5) is 0 Å².